The first-order chi connectivity index (χ1) is 13.8. The lowest BCUT2D eigenvalue weighted by molar-refractivity contribution is -0.116. The molecule has 1 amide bonds. The quantitative estimate of drug-likeness (QED) is 0.485. The smallest absolute Gasteiger partial charge is 0.226 e. The molecule has 0 unspecified atom stereocenters. The van der Waals surface area contributed by atoms with Crippen molar-refractivity contribution in [3.05, 3.63) is 72.6 Å². The first kappa shape index (κ1) is 16.7. The van der Waals surface area contributed by atoms with Gasteiger partial charge in [0.2, 0.25) is 5.91 Å². The Balaban J connectivity index is 1.23. The molecule has 0 fully saturated rings. The second-order valence-corrected chi connectivity index (χ2v) is 7.39. The van der Waals surface area contributed by atoms with E-state index in [1.54, 1.807) is 17.7 Å². The molecule has 0 spiro atoms. The molecule has 3 heterocycles. The Bertz CT molecular complexity index is 1240. The number of carbonyl (C=O) groups is 1. The molecular weight excluding hydrogens is 370 g/mol. The molecule has 3 aromatic heterocycles. The van der Waals surface area contributed by atoms with Crippen molar-refractivity contribution in [2.45, 2.75) is 13.0 Å². The summed E-state index contributed by atoms with van der Waals surface area (Å²) in [5.74, 6) is -0.0203. The van der Waals surface area contributed by atoms with Crippen molar-refractivity contribution in [1.29, 1.82) is 0 Å². The lowest BCUT2D eigenvalue weighted by Crippen LogP contribution is -2.14. The number of para-hydroxylation sites is 2. The van der Waals surface area contributed by atoms with E-state index in [4.69, 9.17) is 0 Å². The van der Waals surface area contributed by atoms with Gasteiger partial charge in [-0.1, -0.05) is 24.3 Å². The van der Waals surface area contributed by atoms with Crippen molar-refractivity contribution in [2.24, 2.45) is 0 Å². The van der Waals surface area contributed by atoms with Crippen molar-refractivity contribution in [1.82, 2.24) is 18.9 Å². The van der Waals surface area contributed by atoms with Gasteiger partial charge in [-0.3, -0.25) is 9.20 Å². The molecule has 0 aliphatic heterocycles. The highest BCUT2D eigenvalue weighted by molar-refractivity contribution is 7.15. The van der Waals surface area contributed by atoms with Crippen LogP contribution >= 0.6 is 11.3 Å². The number of thiazole rings is 1. The van der Waals surface area contributed by atoms with Crippen LogP contribution in [0.3, 0.4) is 0 Å². The molecule has 0 bridgehead atoms. The van der Waals surface area contributed by atoms with Gasteiger partial charge in [-0.05, 0) is 24.3 Å². The minimum absolute atomic E-state index is 0.0203. The Morgan fingerprint density at radius 1 is 1.11 bits per heavy atom. The number of rotatable bonds is 5. The third-order valence-corrected chi connectivity index (χ3v) is 5.44. The van der Waals surface area contributed by atoms with E-state index < -0.39 is 0 Å². The summed E-state index contributed by atoms with van der Waals surface area (Å²) in [6.07, 6.45) is 6.17. The van der Waals surface area contributed by atoms with Crippen molar-refractivity contribution >= 4 is 38.9 Å². The van der Waals surface area contributed by atoms with E-state index in [0.29, 0.717) is 13.0 Å². The standard InChI is InChI=1S/C21H17N5OS/c27-20(9-10-26-14-22-17-3-1-2-4-19(17)26)23-16-7-5-15(6-8-16)18-13-25-11-12-28-21(25)24-18/h1-8,11-14H,9-10H2,(H,23,27). The Labute approximate surface area is 165 Å². The average Bonchev–Trinajstić information content (AvgIpc) is 3.42. The maximum Gasteiger partial charge on any atom is 0.226 e. The van der Waals surface area contributed by atoms with Crippen LogP contribution in [0.15, 0.2) is 72.6 Å². The van der Waals surface area contributed by atoms with E-state index in [2.05, 4.69) is 15.3 Å². The van der Waals surface area contributed by atoms with E-state index in [-0.39, 0.29) is 5.91 Å². The van der Waals surface area contributed by atoms with Gasteiger partial charge in [0.05, 0.1) is 23.1 Å². The molecule has 6 nitrogen and oxygen atoms in total. The number of imidazole rings is 2. The molecular formula is C21H17N5OS. The number of benzene rings is 2. The molecule has 2 aromatic carbocycles. The van der Waals surface area contributed by atoms with Gasteiger partial charge >= 0.3 is 0 Å². The van der Waals surface area contributed by atoms with Crippen LogP contribution in [-0.4, -0.2) is 24.8 Å². The minimum Gasteiger partial charge on any atom is -0.330 e. The molecule has 5 aromatic rings. The largest absolute Gasteiger partial charge is 0.330 e. The number of aromatic nitrogens is 4. The Hall–Kier alpha value is -3.45. The van der Waals surface area contributed by atoms with Crippen LogP contribution in [-0.2, 0) is 11.3 Å². The van der Waals surface area contributed by atoms with E-state index in [1.165, 1.54) is 0 Å². The molecule has 1 N–H and O–H groups in total. The average molecular weight is 387 g/mol. The summed E-state index contributed by atoms with van der Waals surface area (Å²) < 4.78 is 4.01. The van der Waals surface area contributed by atoms with Crippen LogP contribution in [0.1, 0.15) is 6.42 Å². The lowest BCUT2D eigenvalue weighted by atomic mass is 10.1. The number of anilines is 1. The summed E-state index contributed by atoms with van der Waals surface area (Å²) >= 11 is 1.61. The van der Waals surface area contributed by atoms with Crippen molar-refractivity contribution in [2.75, 3.05) is 5.32 Å². The maximum absolute atomic E-state index is 12.3. The summed E-state index contributed by atoms with van der Waals surface area (Å²) in [7, 11) is 0. The molecule has 5 rings (SSSR count). The molecule has 28 heavy (non-hydrogen) atoms. The van der Waals surface area contributed by atoms with Crippen LogP contribution in [0.2, 0.25) is 0 Å². The summed E-state index contributed by atoms with van der Waals surface area (Å²) in [4.78, 5) is 22.3. The third kappa shape index (κ3) is 3.16. The highest BCUT2D eigenvalue weighted by Crippen LogP contribution is 2.23. The van der Waals surface area contributed by atoms with Gasteiger partial charge in [0.25, 0.3) is 0 Å². The first-order valence-corrected chi connectivity index (χ1v) is 9.86. The zero-order valence-electron chi connectivity index (χ0n) is 14.9. The SMILES string of the molecule is O=C(CCn1cnc2ccccc21)Nc1ccc(-c2cn3ccsc3n2)cc1. The zero-order valence-corrected chi connectivity index (χ0v) is 15.8. The second kappa shape index (κ2) is 6.94. The van der Waals surface area contributed by atoms with E-state index in [0.717, 1.165) is 32.9 Å². The van der Waals surface area contributed by atoms with Crippen LogP contribution in [0.5, 0.6) is 0 Å². The molecule has 0 atom stereocenters. The number of amides is 1. The Kier molecular flexibility index (Phi) is 4.14. The van der Waals surface area contributed by atoms with Crippen molar-refractivity contribution in [3.63, 3.8) is 0 Å². The fraction of sp³-hybridized carbons (Fsp3) is 0.0952. The van der Waals surface area contributed by atoms with Crippen LogP contribution in [0, 0.1) is 0 Å². The fourth-order valence-corrected chi connectivity index (χ4v) is 3.92. The summed E-state index contributed by atoms with van der Waals surface area (Å²) in [5, 5.41) is 4.97. The highest BCUT2D eigenvalue weighted by atomic mass is 32.1. The normalized spacial score (nSPS) is 11.3. The predicted octanol–water partition coefficient (Wildman–Crippen LogP) is 4.44. The Morgan fingerprint density at radius 3 is 2.82 bits per heavy atom. The van der Waals surface area contributed by atoms with Gasteiger partial charge in [0.1, 0.15) is 0 Å². The molecule has 0 radical (unpaired) electrons. The summed E-state index contributed by atoms with van der Waals surface area (Å²) in [6, 6.07) is 15.7. The minimum atomic E-state index is -0.0203. The highest BCUT2D eigenvalue weighted by Gasteiger charge is 2.08. The fourth-order valence-electron chi connectivity index (χ4n) is 3.22. The summed E-state index contributed by atoms with van der Waals surface area (Å²) in [5.41, 5.74) is 4.72. The van der Waals surface area contributed by atoms with Gasteiger partial charge < -0.3 is 9.88 Å². The molecule has 7 heteroatoms. The van der Waals surface area contributed by atoms with Crippen LogP contribution < -0.4 is 5.32 Å². The number of nitrogens with zero attached hydrogens (tertiary/aromatic N) is 4. The van der Waals surface area contributed by atoms with Crippen molar-refractivity contribution in [3.8, 4) is 11.3 Å². The topological polar surface area (TPSA) is 64.2 Å². The van der Waals surface area contributed by atoms with Gasteiger partial charge in [0, 0.05) is 42.0 Å². The van der Waals surface area contributed by atoms with Crippen molar-refractivity contribution < 1.29 is 4.79 Å². The van der Waals surface area contributed by atoms with Gasteiger partial charge in [-0.25, -0.2) is 9.97 Å². The number of hydrogen-bond donors (Lipinski definition) is 1. The second-order valence-electron chi connectivity index (χ2n) is 6.52. The molecule has 0 aliphatic carbocycles. The Morgan fingerprint density at radius 2 is 1.96 bits per heavy atom. The monoisotopic (exact) mass is 387 g/mol. The number of fused-ring (bicyclic) bond motifs is 2. The van der Waals surface area contributed by atoms with Gasteiger partial charge in [-0.15, -0.1) is 11.3 Å². The number of carbonyl (C=O) groups excluding carboxylic acids is 1. The molecule has 138 valence electrons. The van der Waals surface area contributed by atoms with Gasteiger partial charge in [-0.2, -0.15) is 0 Å². The lowest BCUT2D eigenvalue weighted by Gasteiger charge is -2.07. The van der Waals surface area contributed by atoms with E-state index >= 15 is 0 Å². The number of nitrogens with one attached hydrogen (secondary N) is 1. The first-order valence-electron chi connectivity index (χ1n) is 8.99. The number of aryl methyl sites for hydroxylation is 1. The van der Waals surface area contributed by atoms with E-state index in [9.17, 15) is 4.79 Å². The number of hydrogen-bond acceptors (Lipinski definition) is 4. The van der Waals surface area contributed by atoms with E-state index in [1.807, 2.05) is 75.3 Å². The zero-order chi connectivity index (χ0) is 18.9. The summed E-state index contributed by atoms with van der Waals surface area (Å²) in [6.45, 7) is 0.593. The molecule has 0 aliphatic rings. The predicted molar refractivity (Wildman–Crippen MR) is 111 cm³/mol. The molecule has 0 saturated heterocycles. The van der Waals surface area contributed by atoms with Crippen LogP contribution in [0.25, 0.3) is 27.3 Å². The molecule has 0 saturated carbocycles. The third-order valence-electron chi connectivity index (χ3n) is 4.66. The van der Waals surface area contributed by atoms with Crippen LogP contribution in [0.4, 0.5) is 5.69 Å². The van der Waals surface area contributed by atoms with Gasteiger partial charge in [0.15, 0.2) is 4.96 Å². The maximum atomic E-state index is 12.3.